The van der Waals surface area contributed by atoms with Crippen LogP contribution in [-0.2, 0) is 6.61 Å². The second-order valence-corrected chi connectivity index (χ2v) is 8.31. The van der Waals surface area contributed by atoms with E-state index >= 15 is 0 Å². The van der Waals surface area contributed by atoms with Gasteiger partial charge in [0.05, 0.1) is 7.11 Å². The van der Waals surface area contributed by atoms with Crippen molar-refractivity contribution < 1.29 is 9.47 Å². The zero-order valence-electron chi connectivity index (χ0n) is 17.6. The fraction of sp³-hybridized carbons (Fsp3) is 0.520. The first-order valence-corrected chi connectivity index (χ1v) is 11.1. The normalized spacial score (nSPS) is 19.6. The minimum atomic E-state index is 0.474. The fourth-order valence-corrected chi connectivity index (χ4v) is 4.92. The molecular weight excluding hydrogens is 360 g/mol. The predicted molar refractivity (Wildman–Crippen MR) is 118 cm³/mol. The molecule has 4 rings (SSSR count). The molecule has 0 aromatic heterocycles. The van der Waals surface area contributed by atoms with Crippen LogP contribution >= 0.6 is 0 Å². The molecule has 0 bridgehead atoms. The molecule has 0 unspecified atom stereocenters. The van der Waals surface area contributed by atoms with Crippen molar-refractivity contribution in [3.63, 3.8) is 0 Å². The number of methoxy groups -OCH3 is 1. The van der Waals surface area contributed by atoms with Crippen molar-refractivity contribution >= 4 is 0 Å². The van der Waals surface area contributed by atoms with Gasteiger partial charge in [0.1, 0.15) is 6.61 Å². The Hall–Kier alpha value is -2.04. The van der Waals surface area contributed by atoms with Crippen LogP contribution in [0.1, 0.15) is 49.3 Å². The van der Waals surface area contributed by atoms with E-state index in [1.165, 1.54) is 43.2 Å². The Balaban J connectivity index is 1.59. The van der Waals surface area contributed by atoms with Crippen molar-refractivity contribution in [2.45, 2.75) is 44.8 Å². The molecule has 156 valence electrons. The SMILES string of the molecule is COc1ccc([C@H](C2CCCCC2)N2CCNCC2)cc1OCc1ccccc1. The summed E-state index contributed by atoms with van der Waals surface area (Å²) in [4.78, 5) is 2.69. The molecule has 0 radical (unpaired) electrons. The maximum atomic E-state index is 6.22. The van der Waals surface area contributed by atoms with Gasteiger partial charge in [-0.15, -0.1) is 0 Å². The first-order valence-electron chi connectivity index (χ1n) is 11.1. The van der Waals surface area contributed by atoms with Gasteiger partial charge in [0, 0.05) is 32.2 Å². The third-order valence-electron chi connectivity index (χ3n) is 6.41. The Kier molecular flexibility index (Phi) is 7.07. The second-order valence-electron chi connectivity index (χ2n) is 8.31. The summed E-state index contributed by atoms with van der Waals surface area (Å²) in [5, 5.41) is 3.51. The van der Waals surface area contributed by atoms with Gasteiger partial charge in [-0.25, -0.2) is 0 Å². The first-order chi connectivity index (χ1) is 14.3. The van der Waals surface area contributed by atoms with E-state index in [1.54, 1.807) is 7.11 Å². The first kappa shape index (κ1) is 20.2. The van der Waals surface area contributed by atoms with Gasteiger partial charge in [-0.2, -0.15) is 0 Å². The smallest absolute Gasteiger partial charge is 0.161 e. The van der Waals surface area contributed by atoms with E-state index in [4.69, 9.17) is 9.47 Å². The number of ether oxygens (including phenoxy) is 2. The Morgan fingerprint density at radius 2 is 1.72 bits per heavy atom. The van der Waals surface area contributed by atoms with Gasteiger partial charge in [-0.1, -0.05) is 55.7 Å². The molecule has 1 heterocycles. The van der Waals surface area contributed by atoms with Crippen LogP contribution in [0.15, 0.2) is 48.5 Å². The highest BCUT2D eigenvalue weighted by Gasteiger charge is 2.31. The molecule has 2 aromatic rings. The summed E-state index contributed by atoms with van der Waals surface area (Å²) in [6.45, 7) is 4.96. The van der Waals surface area contributed by atoms with E-state index in [-0.39, 0.29) is 0 Å². The van der Waals surface area contributed by atoms with Gasteiger partial charge < -0.3 is 14.8 Å². The van der Waals surface area contributed by atoms with Crippen molar-refractivity contribution in [2.24, 2.45) is 5.92 Å². The number of rotatable bonds is 7. The third-order valence-corrected chi connectivity index (χ3v) is 6.41. The zero-order chi connectivity index (χ0) is 19.9. The molecule has 2 aliphatic rings. The third kappa shape index (κ3) is 5.12. The summed E-state index contributed by atoms with van der Waals surface area (Å²) in [5.74, 6) is 2.40. The molecule has 2 fully saturated rings. The minimum Gasteiger partial charge on any atom is -0.493 e. The molecule has 4 nitrogen and oxygen atoms in total. The highest BCUT2D eigenvalue weighted by atomic mass is 16.5. The highest BCUT2D eigenvalue weighted by molar-refractivity contribution is 5.44. The van der Waals surface area contributed by atoms with E-state index < -0.39 is 0 Å². The molecule has 29 heavy (non-hydrogen) atoms. The second kappa shape index (κ2) is 10.1. The van der Waals surface area contributed by atoms with Crippen molar-refractivity contribution in [1.29, 1.82) is 0 Å². The van der Waals surface area contributed by atoms with Gasteiger partial charge in [0.15, 0.2) is 11.5 Å². The van der Waals surface area contributed by atoms with E-state index in [0.717, 1.165) is 43.6 Å². The standard InChI is InChI=1S/C25H34N2O2/c1-28-23-13-12-22(18-24(23)29-19-20-8-4-2-5-9-20)25(21-10-6-3-7-11-21)27-16-14-26-15-17-27/h2,4-5,8-9,12-13,18,21,25-26H,3,6-7,10-11,14-17,19H2,1H3/t25-/m0/s1. The highest BCUT2D eigenvalue weighted by Crippen LogP contribution is 2.41. The molecule has 0 spiro atoms. The van der Waals surface area contributed by atoms with Gasteiger partial charge in [0.25, 0.3) is 0 Å². The van der Waals surface area contributed by atoms with Crippen LogP contribution in [0, 0.1) is 5.92 Å². The fourth-order valence-electron chi connectivity index (χ4n) is 4.92. The molecule has 1 aliphatic carbocycles. The lowest BCUT2D eigenvalue weighted by Crippen LogP contribution is -2.47. The molecule has 0 amide bonds. The lowest BCUT2D eigenvalue weighted by Gasteiger charge is -2.41. The summed E-state index contributed by atoms with van der Waals surface area (Å²) >= 11 is 0. The molecule has 1 saturated heterocycles. The van der Waals surface area contributed by atoms with Gasteiger partial charge in [-0.3, -0.25) is 4.90 Å². The van der Waals surface area contributed by atoms with Crippen LogP contribution in [0.4, 0.5) is 0 Å². The van der Waals surface area contributed by atoms with Gasteiger partial charge >= 0.3 is 0 Å². The maximum absolute atomic E-state index is 6.22. The summed E-state index contributed by atoms with van der Waals surface area (Å²) in [7, 11) is 1.72. The number of nitrogens with zero attached hydrogens (tertiary/aromatic N) is 1. The summed E-state index contributed by atoms with van der Waals surface area (Å²) < 4.78 is 11.8. The Morgan fingerprint density at radius 1 is 0.966 bits per heavy atom. The molecule has 1 atom stereocenters. The molecular formula is C25H34N2O2. The number of nitrogens with one attached hydrogen (secondary N) is 1. The quantitative estimate of drug-likeness (QED) is 0.731. The number of hydrogen-bond donors (Lipinski definition) is 1. The molecule has 4 heteroatoms. The van der Waals surface area contributed by atoms with Crippen molar-refractivity contribution in [3.8, 4) is 11.5 Å². The molecule has 1 N–H and O–H groups in total. The maximum Gasteiger partial charge on any atom is 0.161 e. The molecule has 1 aliphatic heterocycles. The van der Waals surface area contributed by atoms with E-state index in [0.29, 0.717) is 12.6 Å². The Morgan fingerprint density at radius 3 is 2.45 bits per heavy atom. The van der Waals surface area contributed by atoms with Crippen molar-refractivity contribution in [1.82, 2.24) is 10.2 Å². The summed E-state index contributed by atoms with van der Waals surface area (Å²) in [5.41, 5.74) is 2.55. The topological polar surface area (TPSA) is 33.7 Å². The van der Waals surface area contributed by atoms with Gasteiger partial charge in [0.2, 0.25) is 0 Å². The Labute approximate surface area is 175 Å². The van der Waals surface area contributed by atoms with Crippen molar-refractivity contribution in [3.05, 3.63) is 59.7 Å². The summed E-state index contributed by atoms with van der Waals surface area (Å²) in [6.07, 6.45) is 6.78. The lowest BCUT2D eigenvalue weighted by atomic mass is 9.80. The van der Waals surface area contributed by atoms with E-state index in [1.807, 2.05) is 6.07 Å². The van der Waals surface area contributed by atoms with Crippen LogP contribution < -0.4 is 14.8 Å². The van der Waals surface area contributed by atoms with E-state index in [9.17, 15) is 0 Å². The van der Waals surface area contributed by atoms with Crippen LogP contribution in [0.25, 0.3) is 0 Å². The number of hydrogen-bond acceptors (Lipinski definition) is 4. The number of piperazine rings is 1. The van der Waals surface area contributed by atoms with Gasteiger partial charge in [-0.05, 0) is 42.0 Å². The number of benzene rings is 2. The minimum absolute atomic E-state index is 0.474. The average Bonchev–Trinajstić information content (AvgIpc) is 2.80. The van der Waals surface area contributed by atoms with Crippen LogP contribution in [0.2, 0.25) is 0 Å². The van der Waals surface area contributed by atoms with Crippen LogP contribution in [0.5, 0.6) is 11.5 Å². The largest absolute Gasteiger partial charge is 0.493 e. The molecule has 2 aromatic carbocycles. The van der Waals surface area contributed by atoms with Crippen LogP contribution in [0.3, 0.4) is 0 Å². The Bertz CT molecular complexity index is 735. The lowest BCUT2D eigenvalue weighted by molar-refractivity contribution is 0.103. The predicted octanol–water partition coefficient (Wildman–Crippen LogP) is 4.80. The van der Waals surface area contributed by atoms with E-state index in [2.05, 4.69) is 52.7 Å². The summed E-state index contributed by atoms with van der Waals surface area (Å²) in [6, 6.07) is 17.4. The molecule has 1 saturated carbocycles. The average molecular weight is 395 g/mol. The monoisotopic (exact) mass is 394 g/mol. The van der Waals surface area contributed by atoms with Crippen molar-refractivity contribution in [2.75, 3.05) is 33.3 Å². The van der Waals surface area contributed by atoms with Crippen LogP contribution in [-0.4, -0.2) is 38.2 Å². The zero-order valence-corrected chi connectivity index (χ0v) is 17.6.